The average molecular weight is 321 g/mol. The fourth-order valence-corrected chi connectivity index (χ4v) is 2.38. The van der Waals surface area contributed by atoms with Crippen molar-refractivity contribution < 1.29 is 18.1 Å². The summed E-state index contributed by atoms with van der Waals surface area (Å²) in [4.78, 5) is 8.32. The third kappa shape index (κ3) is 3.52. The summed E-state index contributed by atoms with van der Waals surface area (Å²) in [6.07, 6.45) is 1.60. The van der Waals surface area contributed by atoms with Crippen LogP contribution in [-0.2, 0) is 17.1 Å². The van der Waals surface area contributed by atoms with Crippen molar-refractivity contribution in [3.63, 3.8) is 0 Å². The van der Waals surface area contributed by atoms with Crippen molar-refractivity contribution in [2.75, 3.05) is 7.11 Å². The van der Waals surface area contributed by atoms with Crippen LogP contribution in [-0.4, -0.2) is 22.2 Å². The summed E-state index contributed by atoms with van der Waals surface area (Å²) in [7, 11) is 1.56. The molecule has 114 valence electrons. The zero-order valence-electron chi connectivity index (χ0n) is 11.7. The van der Waals surface area contributed by atoms with Crippen LogP contribution in [0.5, 0.6) is 0 Å². The van der Waals surface area contributed by atoms with Gasteiger partial charge in [-0.1, -0.05) is 16.9 Å². The molecule has 0 N–H and O–H groups in total. The molecule has 2 heterocycles. The zero-order chi connectivity index (χ0) is 15.4. The second-order valence-electron chi connectivity index (χ2n) is 4.32. The minimum Gasteiger partial charge on any atom is -0.431 e. The van der Waals surface area contributed by atoms with Crippen LogP contribution in [0.15, 0.2) is 44.6 Å². The number of thioether (sulfide) groups is 1. The summed E-state index contributed by atoms with van der Waals surface area (Å²) >= 11 is 1.35. The Morgan fingerprint density at radius 3 is 2.86 bits per heavy atom. The number of aromatic nitrogens is 3. The average Bonchev–Trinajstić information content (AvgIpc) is 3.16. The van der Waals surface area contributed by atoms with Crippen molar-refractivity contribution >= 4 is 11.8 Å². The van der Waals surface area contributed by atoms with E-state index in [2.05, 4.69) is 15.1 Å². The van der Waals surface area contributed by atoms with Crippen LogP contribution in [0.1, 0.15) is 11.7 Å². The van der Waals surface area contributed by atoms with Gasteiger partial charge in [0.2, 0.25) is 0 Å². The van der Waals surface area contributed by atoms with Crippen molar-refractivity contribution in [1.82, 2.24) is 15.1 Å². The fraction of sp³-hybridized carbons (Fsp3) is 0.214. The fourth-order valence-electron chi connectivity index (χ4n) is 1.73. The van der Waals surface area contributed by atoms with Crippen molar-refractivity contribution in [2.45, 2.75) is 17.6 Å². The highest BCUT2D eigenvalue weighted by atomic mass is 32.2. The predicted octanol–water partition coefficient (Wildman–Crippen LogP) is 3.30. The van der Waals surface area contributed by atoms with E-state index in [0.29, 0.717) is 28.5 Å². The highest BCUT2D eigenvalue weighted by molar-refractivity contribution is 7.98. The van der Waals surface area contributed by atoms with E-state index in [1.165, 1.54) is 23.9 Å². The summed E-state index contributed by atoms with van der Waals surface area (Å²) in [5, 5.41) is 4.31. The quantitative estimate of drug-likeness (QED) is 0.645. The smallest absolute Gasteiger partial charge is 0.256 e. The van der Waals surface area contributed by atoms with E-state index >= 15 is 0 Å². The Kier molecular flexibility index (Phi) is 4.50. The second-order valence-corrected chi connectivity index (χ2v) is 5.25. The topological polar surface area (TPSA) is 74.2 Å². The molecule has 6 nitrogen and oxygen atoms in total. The van der Waals surface area contributed by atoms with Gasteiger partial charge in [0.15, 0.2) is 11.6 Å². The molecule has 0 saturated carbocycles. The van der Waals surface area contributed by atoms with Gasteiger partial charge < -0.3 is 13.7 Å². The monoisotopic (exact) mass is 321 g/mol. The van der Waals surface area contributed by atoms with Gasteiger partial charge in [-0.05, 0) is 24.3 Å². The number of hydrogen-bond donors (Lipinski definition) is 0. The lowest BCUT2D eigenvalue weighted by molar-refractivity contribution is 0.151. The normalized spacial score (nSPS) is 11.0. The van der Waals surface area contributed by atoms with E-state index in [9.17, 15) is 4.39 Å². The maximum absolute atomic E-state index is 12.9. The van der Waals surface area contributed by atoms with Crippen molar-refractivity contribution in [1.29, 1.82) is 0 Å². The van der Waals surface area contributed by atoms with Gasteiger partial charge in [-0.25, -0.2) is 9.37 Å². The summed E-state index contributed by atoms with van der Waals surface area (Å²) in [6, 6.07) is 6.03. The molecule has 0 fully saturated rings. The Labute approximate surface area is 129 Å². The molecular formula is C14H12FN3O3S. The maximum Gasteiger partial charge on any atom is 0.256 e. The lowest BCUT2D eigenvalue weighted by atomic mass is 10.2. The minimum absolute atomic E-state index is 0.283. The Balaban J connectivity index is 1.62. The van der Waals surface area contributed by atoms with Crippen molar-refractivity contribution in [3.8, 4) is 11.3 Å². The first-order valence-corrected chi connectivity index (χ1v) is 7.38. The number of methoxy groups -OCH3 is 1. The van der Waals surface area contributed by atoms with Gasteiger partial charge in [-0.3, -0.25) is 0 Å². The molecule has 0 aliphatic rings. The molecule has 0 spiro atoms. The number of ether oxygens (including phenoxy) is 1. The van der Waals surface area contributed by atoms with Crippen LogP contribution in [0.3, 0.4) is 0 Å². The first-order chi connectivity index (χ1) is 10.7. The number of oxazole rings is 1. The first-order valence-electron chi connectivity index (χ1n) is 6.39. The third-order valence-electron chi connectivity index (χ3n) is 2.72. The summed E-state index contributed by atoms with van der Waals surface area (Å²) < 4.78 is 28.4. The SMILES string of the molecule is COCc1nc(CSc2ncc(-c3ccc(F)cc3)o2)no1. The Hall–Kier alpha value is -2.19. The van der Waals surface area contributed by atoms with Crippen molar-refractivity contribution in [3.05, 3.63) is 48.0 Å². The van der Waals surface area contributed by atoms with Gasteiger partial charge >= 0.3 is 0 Å². The van der Waals surface area contributed by atoms with Gasteiger partial charge in [-0.2, -0.15) is 4.98 Å². The van der Waals surface area contributed by atoms with E-state index in [0.717, 1.165) is 5.56 Å². The number of nitrogens with zero attached hydrogens (tertiary/aromatic N) is 3. The molecule has 0 radical (unpaired) electrons. The van der Waals surface area contributed by atoms with Gasteiger partial charge in [0, 0.05) is 12.7 Å². The summed E-state index contributed by atoms with van der Waals surface area (Å²) in [5.74, 6) is 1.73. The highest BCUT2D eigenvalue weighted by Crippen LogP contribution is 2.27. The summed E-state index contributed by atoms with van der Waals surface area (Å²) in [6.45, 7) is 0.283. The molecule has 8 heteroatoms. The molecule has 22 heavy (non-hydrogen) atoms. The minimum atomic E-state index is -0.290. The molecular weight excluding hydrogens is 309 g/mol. The van der Waals surface area contributed by atoms with E-state index < -0.39 is 0 Å². The molecule has 0 bridgehead atoms. The van der Waals surface area contributed by atoms with Crippen LogP contribution in [0, 0.1) is 5.82 Å². The lowest BCUT2D eigenvalue weighted by Crippen LogP contribution is -1.88. The van der Waals surface area contributed by atoms with E-state index in [-0.39, 0.29) is 12.4 Å². The molecule has 0 atom stereocenters. The van der Waals surface area contributed by atoms with Crippen LogP contribution >= 0.6 is 11.8 Å². The molecule has 0 aliphatic heterocycles. The predicted molar refractivity (Wildman–Crippen MR) is 76.5 cm³/mol. The van der Waals surface area contributed by atoms with Gasteiger partial charge in [0.25, 0.3) is 11.1 Å². The van der Waals surface area contributed by atoms with E-state index in [1.54, 1.807) is 25.4 Å². The zero-order valence-corrected chi connectivity index (χ0v) is 12.5. The van der Waals surface area contributed by atoms with E-state index in [1.807, 2.05) is 0 Å². The maximum atomic E-state index is 12.9. The number of halogens is 1. The standard InChI is InChI=1S/C14H12FN3O3S/c1-19-7-13-17-12(18-21-13)8-22-14-16-6-11(20-14)9-2-4-10(15)5-3-9/h2-6H,7-8H2,1H3. The molecule has 3 rings (SSSR count). The van der Waals surface area contributed by atoms with Crippen LogP contribution in [0.25, 0.3) is 11.3 Å². The van der Waals surface area contributed by atoms with Gasteiger partial charge in [-0.15, -0.1) is 0 Å². The molecule has 3 aromatic rings. The second kappa shape index (κ2) is 6.71. The van der Waals surface area contributed by atoms with Crippen LogP contribution in [0.4, 0.5) is 4.39 Å². The van der Waals surface area contributed by atoms with Gasteiger partial charge in [0.1, 0.15) is 12.4 Å². The largest absolute Gasteiger partial charge is 0.431 e. The number of hydrogen-bond acceptors (Lipinski definition) is 7. The van der Waals surface area contributed by atoms with Crippen LogP contribution < -0.4 is 0 Å². The molecule has 0 amide bonds. The Morgan fingerprint density at radius 2 is 2.09 bits per heavy atom. The van der Waals surface area contributed by atoms with E-state index in [4.69, 9.17) is 13.7 Å². The molecule has 0 aliphatic carbocycles. The molecule has 1 aromatic carbocycles. The highest BCUT2D eigenvalue weighted by Gasteiger charge is 2.10. The number of rotatable bonds is 6. The summed E-state index contributed by atoms with van der Waals surface area (Å²) in [5.41, 5.74) is 0.766. The first kappa shape index (κ1) is 14.7. The van der Waals surface area contributed by atoms with Crippen LogP contribution in [0.2, 0.25) is 0 Å². The van der Waals surface area contributed by atoms with Gasteiger partial charge in [0.05, 0.1) is 11.9 Å². The Morgan fingerprint density at radius 1 is 1.27 bits per heavy atom. The molecule has 0 saturated heterocycles. The third-order valence-corrected chi connectivity index (χ3v) is 3.55. The number of benzene rings is 1. The Bertz CT molecular complexity index is 742. The lowest BCUT2D eigenvalue weighted by Gasteiger charge is -1.95. The van der Waals surface area contributed by atoms with Crippen molar-refractivity contribution in [2.24, 2.45) is 0 Å². The molecule has 0 unspecified atom stereocenters. The molecule has 2 aromatic heterocycles.